The molecule has 3 N–H and O–H groups in total. The minimum Gasteiger partial charge on any atom is -0.481 e. The van der Waals surface area contributed by atoms with Crippen LogP contribution in [0.4, 0.5) is 4.79 Å². The monoisotopic (exact) mass is 464 g/mol. The van der Waals surface area contributed by atoms with Crippen molar-refractivity contribution in [2.75, 3.05) is 13.2 Å². The molecule has 2 aromatic carbocycles. The van der Waals surface area contributed by atoms with Gasteiger partial charge in [0.15, 0.2) is 0 Å². The van der Waals surface area contributed by atoms with E-state index in [4.69, 9.17) is 4.74 Å². The Bertz CT molecular complexity index is 1060. The summed E-state index contributed by atoms with van der Waals surface area (Å²) in [5.41, 5.74) is 4.35. The summed E-state index contributed by atoms with van der Waals surface area (Å²) in [5.74, 6) is -1.56. The third-order valence-electron chi connectivity index (χ3n) is 6.00. The van der Waals surface area contributed by atoms with Gasteiger partial charge in [-0.3, -0.25) is 9.59 Å². The lowest BCUT2D eigenvalue weighted by molar-refractivity contribution is -0.146. The maximum absolute atomic E-state index is 12.7. The third-order valence-corrected chi connectivity index (χ3v) is 6.00. The molecule has 0 radical (unpaired) electrons. The second-order valence-corrected chi connectivity index (χ2v) is 9.45. The molecule has 180 valence electrons. The molecule has 7 nitrogen and oxygen atoms in total. The predicted octanol–water partition coefficient (Wildman–Crippen LogP) is 4.48. The number of benzene rings is 2. The van der Waals surface area contributed by atoms with Crippen LogP contribution in [0.2, 0.25) is 0 Å². The van der Waals surface area contributed by atoms with E-state index in [2.05, 4.69) is 22.8 Å². The fourth-order valence-electron chi connectivity index (χ4n) is 3.87. The zero-order valence-corrected chi connectivity index (χ0v) is 20.1. The highest BCUT2D eigenvalue weighted by Gasteiger charge is 2.31. The van der Waals surface area contributed by atoms with Gasteiger partial charge in [0.2, 0.25) is 5.91 Å². The van der Waals surface area contributed by atoms with Crippen molar-refractivity contribution < 1.29 is 24.2 Å². The quantitative estimate of drug-likeness (QED) is 0.475. The number of nitrogens with one attached hydrogen (secondary N) is 2. The van der Waals surface area contributed by atoms with Crippen molar-refractivity contribution in [2.24, 2.45) is 5.41 Å². The van der Waals surface area contributed by atoms with Crippen molar-refractivity contribution >= 4 is 18.0 Å². The van der Waals surface area contributed by atoms with Crippen molar-refractivity contribution in [3.05, 3.63) is 71.3 Å². The smallest absolute Gasteiger partial charge is 0.407 e. The summed E-state index contributed by atoms with van der Waals surface area (Å²) < 4.78 is 5.57. The Morgan fingerprint density at radius 3 is 2.12 bits per heavy atom. The Kier molecular flexibility index (Phi) is 7.76. The molecule has 1 unspecified atom stereocenters. The molecule has 2 amide bonds. The van der Waals surface area contributed by atoms with E-state index in [0.717, 1.165) is 27.8 Å². The molecule has 0 saturated carbocycles. The number of ether oxygens (including phenoxy) is 1. The second-order valence-electron chi connectivity index (χ2n) is 9.45. The van der Waals surface area contributed by atoms with E-state index in [1.807, 2.05) is 56.3 Å². The van der Waals surface area contributed by atoms with E-state index in [-0.39, 0.29) is 25.5 Å². The van der Waals surface area contributed by atoms with E-state index < -0.39 is 29.4 Å². The van der Waals surface area contributed by atoms with Gasteiger partial charge >= 0.3 is 12.1 Å². The summed E-state index contributed by atoms with van der Waals surface area (Å²) in [4.78, 5) is 36.7. The zero-order valence-electron chi connectivity index (χ0n) is 20.1. The topological polar surface area (TPSA) is 105 Å². The molecule has 7 heteroatoms. The van der Waals surface area contributed by atoms with Crippen LogP contribution in [0, 0.1) is 5.41 Å². The number of alkyl carbamates (subject to hydrolysis) is 1. The number of carbonyl (C=O) groups excluding carboxylic acids is 2. The number of carboxylic acid groups (broad SMARTS) is 1. The van der Waals surface area contributed by atoms with Crippen molar-refractivity contribution in [3.63, 3.8) is 0 Å². The largest absolute Gasteiger partial charge is 0.481 e. The van der Waals surface area contributed by atoms with Gasteiger partial charge in [-0.15, -0.1) is 0 Å². The molecule has 3 rings (SSSR count). The molecule has 0 saturated heterocycles. The standard InChI is InChI=1S/C27H32N2O5/c1-17(2)13-14-23(24(30)28-16-27(3,4)25(31)32)29-26(33)34-15-22-20-11-7-5-9-18(20)19-10-6-8-12-21(19)22/h5-13,22-23H,14-16H2,1-4H3,(H,28,30)(H,29,33)(H,31,32). The van der Waals surface area contributed by atoms with E-state index in [1.54, 1.807) is 0 Å². The fraction of sp³-hybridized carbons (Fsp3) is 0.370. The Morgan fingerprint density at radius 1 is 1.03 bits per heavy atom. The second kappa shape index (κ2) is 10.5. The van der Waals surface area contributed by atoms with Crippen LogP contribution in [0.3, 0.4) is 0 Å². The molecule has 0 aromatic heterocycles. The minimum atomic E-state index is -1.12. The average Bonchev–Trinajstić information content (AvgIpc) is 3.12. The molecular formula is C27H32N2O5. The molecule has 1 aliphatic rings. The number of hydrogen-bond acceptors (Lipinski definition) is 4. The minimum absolute atomic E-state index is 0.0567. The Balaban J connectivity index is 1.66. The van der Waals surface area contributed by atoms with Crippen molar-refractivity contribution in [1.82, 2.24) is 10.6 Å². The van der Waals surface area contributed by atoms with Gasteiger partial charge in [0.1, 0.15) is 12.6 Å². The maximum Gasteiger partial charge on any atom is 0.407 e. The molecule has 0 fully saturated rings. The molecule has 34 heavy (non-hydrogen) atoms. The van der Waals surface area contributed by atoms with Crippen molar-refractivity contribution in [3.8, 4) is 11.1 Å². The number of amides is 2. The van der Waals surface area contributed by atoms with E-state index >= 15 is 0 Å². The number of aliphatic carboxylic acids is 1. The van der Waals surface area contributed by atoms with Gasteiger partial charge in [0.05, 0.1) is 5.41 Å². The van der Waals surface area contributed by atoms with Gasteiger partial charge in [-0.25, -0.2) is 4.79 Å². The van der Waals surface area contributed by atoms with E-state index in [1.165, 1.54) is 13.8 Å². The number of hydrogen-bond donors (Lipinski definition) is 3. The van der Waals surface area contributed by atoms with Gasteiger partial charge in [0.25, 0.3) is 0 Å². The summed E-state index contributed by atoms with van der Waals surface area (Å²) in [6, 6.07) is 15.2. The molecule has 0 bridgehead atoms. The highest BCUT2D eigenvalue weighted by atomic mass is 16.5. The lowest BCUT2D eigenvalue weighted by Gasteiger charge is -2.23. The SMILES string of the molecule is CC(C)=CCC(NC(=O)OCC1c2ccccc2-c2ccccc21)C(=O)NCC(C)(C)C(=O)O. The summed E-state index contributed by atoms with van der Waals surface area (Å²) >= 11 is 0. The number of carbonyl (C=O) groups is 3. The normalized spacial score (nSPS) is 13.3. The van der Waals surface area contributed by atoms with Crippen LogP contribution in [0.1, 0.15) is 51.2 Å². The molecular weight excluding hydrogens is 432 g/mol. The Labute approximate surface area is 200 Å². The summed E-state index contributed by atoms with van der Waals surface area (Å²) in [6.07, 6.45) is 1.42. The number of rotatable bonds is 9. The lowest BCUT2D eigenvalue weighted by atomic mass is 9.94. The first-order chi connectivity index (χ1) is 16.1. The maximum atomic E-state index is 12.7. The van der Waals surface area contributed by atoms with Gasteiger partial charge in [-0.05, 0) is 56.4 Å². The molecule has 0 heterocycles. The highest BCUT2D eigenvalue weighted by Crippen LogP contribution is 2.44. The number of fused-ring (bicyclic) bond motifs is 3. The van der Waals surface area contributed by atoms with Crippen LogP contribution in [-0.2, 0) is 14.3 Å². The molecule has 0 spiro atoms. The summed E-state index contributed by atoms with van der Waals surface area (Å²) in [7, 11) is 0. The van der Waals surface area contributed by atoms with Crippen LogP contribution in [0.5, 0.6) is 0 Å². The predicted molar refractivity (Wildman–Crippen MR) is 130 cm³/mol. The van der Waals surface area contributed by atoms with Gasteiger partial charge < -0.3 is 20.5 Å². The first kappa shape index (κ1) is 25.0. The van der Waals surface area contributed by atoms with Crippen LogP contribution in [0.25, 0.3) is 11.1 Å². The highest BCUT2D eigenvalue weighted by molar-refractivity contribution is 5.86. The van der Waals surface area contributed by atoms with Gasteiger partial charge in [0, 0.05) is 12.5 Å². The van der Waals surface area contributed by atoms with E-state index in [9.17, 15) is 19.5 Å². The third kappa shape index (κ3) is 5.84. The summed E-state index contributed by atoms with van der Waals surface area (Å²) in [5, 5.41) is 14.6. The zero-order chi connectivity index (χ0) is 24.9. The van der Waals surface area contributed by atoms with Gasteiger partial charge in [-0.2, -0.15) is 0 Å². The molecule has 2 aromatic rings. The van der Waals surface area contributed by atoms with Gasteiger partial charge in [-0.1, -0.05) is 60.2 Å². The van der Waals surface area contributed by atoms with Crippen molar-refractivity contribution in [1.29, 1.82) is 0 Å². The lowest BCUT2D eigenvalue weighted by Crippen LogP contribution is -2.49. The Hall–Kier alpha value is -3.61. The average molecular weight is 465 g/mol. The van der Waals surface area contributed by atoms with Crippen molar-refractivity contribution in [2.45, 2.75) is 46.1 Å². The Morgan fingerprint density at radius 2 is 1.59 bits per heavy atom. The van der Waals surface area contributed by atoms with E-state index in [0.29, 0.717) is 0 Å². The number of carboxylic acids is 1. The van der Waals surface area contributed by atoms with Crippen LogP contribution in [-0.4, -0.2) is 42.3 Å². The molecule has 0 aliphatic heterocycles. The van der Waals surface area contributed by atoms with Crippen LogP contribution >= 0.6 is 0 Å². The summed E-state index contributed by atoms with van der Waals surface area (Å²) in [6.45, 7) is 6.94. The first-order valence-corrected chi connectivity index (χ1v) is 11.4. The fourth-order valence-corrected chi connectivity index (χ4v) is 3.87. The van der Waals surface area contributed by atoms with Crippen LogP contribution in [0.15, 0.2) is 60.2 Å². The molecule has 1 atom stereocenters. The first-order valence-electron chi connectivity index (χ1n) is 11.4. The van der Waals surface area contributed by atoms with Crippen LogP contribution < -0.4 is 10.6 Å². The number of allylic oxidation sites excluding steroid dienone is 1. The molecule has 1 aliphatic carbocycles.